The third-order valence-electron chi connectivity index (χ3n) is 4.83. The van der Waals surface area contributed by atoms with Crippen LogP contribution in [0.2, 0.25) is 0 Å². The number of aromatic nitrogens is 1. The van der Waals surface area contributed by atoms with E-state index in [2.05, 4.69) is 9.88 Å². The molecule has 0 bridgehead atoms. The maximum absolute atomic E-state index is 13.0. The highest BCUT2D eigenvalue weighted by atomic mass is 16.5. The Morgan fingerprint density at radius 3 is 2.39 bits per heavy atom. The molecule has 1 aromatic heterocycles. The minimum atomic E-state index is -0.749. The van der Waals surface area contributed by atoms with Crippen LogP contribution in [0.5, 0.6) is 0 Å². The molecule has 2 aromatic rings. The number of anilines is 1. The number of carbonyl (C=O) groups is 3. The Morgan fingerprint density at radius 2 is 1.75 bits per heavy atom. The van der Waals surface area contributed by atoms with Gasteiger partial charge in [0.05, 0.1) is 12.3 Å². The molecular weight excluding hydrogens is 358 g/mol. The molecule has 28 heavy (non-hydrogen) atoms. The summed E-state index contributed by atoms with van der Waals surface area (Å²) < 4.78 is 7.19. The molecule has 1 aliphatic rings. The van der Waals surface area contributed by atoms with Crippen LogP contribution in [0, 0.1) is 20.8 Å². The fraction of sp³-hybridized carbons (Fsp3) is 0.286. The number of barbiturate groups is 1. The summed E-state index contributed by atoms with van der Waals surface area (Å²) in [6, 6.07) is 8.12. The van der Waals surface area contributed by atoms with Gasteiger partial charge in [0.1, 0.15) is 5.57 Å². The third kappa shape index (κ3) is 3.61. The van der Waals surface area contributed by atoms with Gasteiger partial charge >= 0.3 is 6.03 Å². The molecule has 0 aliphatic carbocycles. The van der Waals surface area contributed by atoms with Crippen LogP contribution in [-0.4, -0.2) is 36.1 Å². The van der Waals surface area contributed by atoms with E-state index in [1.54, 1.807) is 31.4 Å². The van der Waals surface area contributed by atoms with E-state index < -0.39 is 17.8 Å². The Hall–Kier alpha value is -3.19. The number of ether oxygens (including phenoxy) is 1. The van der Waals surface area contributed by atoms with Crippen molar-refractivity contribution in [2.24, 2.45) is 0 Å². The maximum Gasteiger partial charge on any atom is 0.335 e. The summed E-state index contributed by atoms with van der Waals surface area (Å²) in [6.45, 7) is 7.02. The summed E-state index contributed by atoms with van der Waals surface area (Å²) in [7, 11) is 1.64. The number of methoxy groups -OCH3 is 1. The second-order valence-electron chi connectivity index (χ2n) is 6.76. The zero-order valence-corrected chi connectivity index (χ0v) is 16.4. The quantitative estimate of drug-likeness (QED) is 0.638. The minimum absolute atomic E-state index is 0.0767. The third-order valence-corrected chi connectivity index (χ3v) is 4.83. The average molecular weight is 381 g/mol. The molecule has 0 atom stereocenters. The number of urea groups is 1. The number of rotatable bonds is 5. The van der Waals surface area contributed by atoms with Gasteiger partial charge in [-0.05, 0) is 50.6 Å². The summed E-state index contributed by atoms with van der Waals surface area (Å²) in [6.07, 6.45) is 1.54. The van der Waals surface area contributed by atoms with E-state index in [0.29, 0.717) is 18.8 Å². The Morgan fingerprint density at radius 1 is 1.07 bits per heavy atom. The first-order chi connectivity index (χ1) is 13.3. The van der Waals surface area contributed by atoms with E-state index in [9.17, 15) is 14.4 Å². The van der Waals surface area contributed by atoms with E-state index in [1.807, 2.05) is 26.8 Å². The monoisotopic (exact) mass is 381 g/mol. The van der Waals surface area contributed by atoms with Crippen LogP contribution in [0.3, 0.4) is 0 Å². The van der Waals surface area contributed by atoms with Gasteiger partial charge in [0.2, 0.25) is 0 Å². The molecule has 0 unspecified atom stereocenters. The lowest BCUT2D eigenvalue weighted by Crippen LogP contribution is -2.54. The summed E-state index contributed by atoms with van der Waals surface area (Å²) in [4.78, 5) is 38.6. The van der Waals surface area contributed by atoms with Crippen LogP contribution < -0.4 is 10.2 Å². The van der Waals surface area contributed by atoms with Crippen molar-refractivity contribution in [1.82, 2.24) is 9.88 Å². The number of hydrogen-bond acceptors (Lipinski definition) is 4. The van der Waals surface area contributed by atoms with Crippen molar-refractivity contribution in [3.63, 3.8) is 0 Å². The fourth-order valence-corrected chi connectivity index (χ4v) is 3.24. The lowest BCUT2D eigenvalue weighted by atomic mass is 10.1. The van der Waals surface area contributed by atoms with Crippen LogP contribution in [0.15, 0.2) is 35.9 Å². The average Bonchev–Trinajstić information content (AvgIpc) is 2.91. The van der Waals surface area contributed by atoms with Gasteiger partial charge in [0.25, 0.3) is 11.8 Å². The van der Waals surface area contributed by atoms with Gasteiger partial charge in [0.15, 0.2) is 0 Å². The molecule has 4 amide bonds. The largest absolute Gasteiger partial charge is 0.383 e. The molecule has 1 aliphatic heterocycles. The normalized spacial score (nSPS) is 16.1. The van der Waals surface area contributed by atoms with E-state index in [0.717, 1.165) is 27.4 Å². The number of nitrogens with zero attached hydrogens (tertiary/aromatic N) is 2. The standard InChI is InChI=1S/C21H23N3O4/c1-13-5-7-17(8-6-13)24-20(26)18(19(25)22-21(24)27)12-16-11-14(2)23(15(16)3)9-10-28-4/h5-8,11-12H,9-10H2,1-4H3,(H,22,25,27)/b18-12+. The van der Waals surface area contributed by atoms with Gasteiger partial charge in [-0.25, -0.2) is 9.69 Å². The minimum Gasteiger partial charge on any atom is -0.383 e. The molecule has 0 radical (unpaired) electrons. The van der Waals surface area contributed by atoms with Gasteiger partial charge in [-0.2, -0.15) is 0 Å². The van der Waals surface area contributed by atoms with E-state index in [4.69, 9.17) is 4.74 Å². The molecule has 1 fully saturated rings. The lowest BCUT2D eigenvalue weighted by molar-refractivity contribution is -0.122. The van der Waals surface area contributed by atoms with Crippen LogP contribution in [0.1, 0.15) is 22.5 Å². The topological polar surface area (TPSA) is 80.6 Å². The summed E-state index contributed by atoms with van der Waals surface area (Å²) in [5, 5.41) is 2.25. The molecule has 146 valence electrons. The van der Waals surface area contributed by atoms with Gasteiger partial charge in [0, 0.05) is 25.0 Å². The summed E-state index contributed by atoms with van der Waals surface area (Å²) >= 11 is 0. The van der Waals surface area contributed by atoms with Crippen molar-refractivity contribution >= 4 is 29.6 Å². The molecule has 1 saturated heterocycles. The molecule has 7 heteroatoms. The van der Waals surface area contributed by atoms with E-state index in [-0.39, 0.29) is 5.57 Å². The Kier molecular flexibility index (Phi) is 5.46. The molecule has 7 nitrogen and oxygen atoms in total. The van der Waals surface area contributed by atoms with Crippen LogP contribution in [0.25, 0.3) is 6.08 Å². The first-order valence-electron chi connectivity index (χ1n) is 8.97. The SMILES string of the molecule is COCCn1c(C)cc(/C=C2\C(=O)NC(=O)N(c3ccc(C)cc3)C2=O)c1C. The van der Waals surface area contributed by atoms with Crippen molar-refractivity contribution < 1.29 is 19.1 Å². The number of benzene rings is 1. The smallest absolute Gasteiger partial charge is 0.335 e. The zero-order valence-electron chi connectivity index (χ0n) is 16.4. The van der Waals surface area contributed by atoms with E-state index in [1.165, 1.54) is 6.08 Å². The number of carbonyl (C=O) groups excluding carboxylic acids is 3. The summed E-state index contributed by atoms with van der Waals surface area (Å²) in [5.41, 5.74) is 4.01. The van der Waals surface area contributed by atoms with Crippen molar-refractivity contribution in [3.05, 3.63) is 58.4 Å². The van der Waals surface area contributed by atoms with Crippen molar-refractivity contribution in [2.45, 2.75) is 27.3 Å². The Labute approximate surface area is 163 Å². The molecule has 1 N–H and O–H groups in total. The van der Waals surface area contributed by atoms with E-state index >= 15 is 0 Å². The first-order valence-corrected chi connectivity index (χ1v) is 8.97. The van der Waals surface area contributed by atoms with Crippen molar-refractivity contribution in [1.29, 1.82) is 0 Å². The highest BCUT2D eigenvalue weighted by Gasteiger charge is 2.36. The lowest BCUT2D eigenvalue weighted by Gasteiger charge is -2.26. The highest BCUT2D eigenvalue weighted by molar-refractivity contribution is 6.39. The first kappa shape index (κ1) is 19.6. The predicted octanol–water partition coefficient (Wildman–Crippen LogP) is 2.73. The van der Waals surface area contributed by atoms with Crippen LogP contribution >= 0.6 is 0 Å². The van der Waals surface area contributed by atoms with Gasteiger partial charge in [-0.1, -0.05) is 17.7 Å². The predicted molar refractivity (Wildman–Crippen MR) is 106 cm³/mol. The number of nitrogens with one attached hydrogen (secondary N) is 1. The van der Waals surface area contributed by atoms with Crippen molar-refractivity contribution in [3.8, 4) is 0 Å². The number of imide groups is 2. The van der Waals surface area contributed by atoms with Gasteiger partial charge in [-0.15, -0.1) is 0 Å². The second-order valence-corrected chi connectivity index (χ2v) is 6.76. The maximum atomic E-state index is 13.0. The van der Waals surface area contributed by atoms with Crippen LogP contribution in [-0.2, 0) is 20.9 Å². The number of hydrogen-bond donors (Lipinski definition) is 1. The zero-order chi connectivity index (χ0) is 20.4. The number of amides is 4. The molecular formula is C21H23N3O4. The van der Waals surface area contributed by atoms with Crippen LogP contribution in [0.4, 0.5) is 10.5 Å². The van der Waals surface area contributed by atoms with Gasteiger partial charge in [-0.3, -0.25) is 14.9 Å². The molecule has 1 aromatic carbocycles. The summed E-state index contributed by atoms with van der Waals surface area (Å²) in [5.74, 6) is -1.33. The molecule has 0 spiro atoms. The highest BCUT2D eigenvalue weighted by Crippen LogP contribution is 2.24. The molecule has 3 rings (SSSR count). The Balaban J connectivity index is 1.99. The molecule has 2 heterocycles. The van der Waals surface area contributed by atoms with Gasteiger partial charge < -0.3 is 9.30 Å². The number of aryl methyl sites for hydroxylation is 2. The fourth-order valence-electron chi connectivity index (χ4n) is 3.24. The molecule has 0 saturated carbocycles. The van der Waals surface area contributed by atoms with Crippen molar-refractivity contribution in [2.75, 3.05) is 18.6 Å². The Bertz CT molecular complexity index is 970. The second kappa shape index (κ2) is 7.82.